The largest absolute Gasteiger partial charge is 0.357 e. The number of nitrogens with one attached hydrogen (secondary N) is 1. The maximum Gasteiger partial charge on any atom is 0.264 e. The Balaban J connectivity index is 2.07. The van der Waals surface area contributed by atoms with Crippen molar-refractivity contribution >= 4 is 66.7 Å². The summed E-state index contributed by atoms with van der Waals surface area (Å²) in [7, 11) is -2.64. The van der Waals surface area contributed by atoms with Gasteiger partial charge in [-0.15, -0.1) is 0 Å². The van der Waals surface area contributed by atoms with E-state index in [0.717, 1.165) is 4.31 Å². The molecule has 2 amide bonds. The molecule has 3 rings (SSSR count). The molecule has 0 aliphatic carbocycles. The summed E-state index contributed by atoms with van der Waals surface area (Å²) in [6.07, 6.45) is 0.305. The molecule has 0 aliphatic rings. The first-order valence-electron chi connectivity index (χ1n) is 11.4. The van der Waals surface area contributed by atoms with E-state index in [1.54, 1.807) is 67.6 Å². The van der Waals surface area contributed by atoms with Gasteiger partial charge in [0.25, 0.3) is 10.0 Å². The fraction of sp³-hybridized carbons (Fsp3) is 0.231. The maximum atomic E-state index is 13.9. The predicted octanol–water partition coefficient (Wildman–Crippen LogP) is 5.50. The van der Waals surface area contributed by atoms with Gasteiger partial charge in [0, 0.05) is 28.1 Å². The molecule has 1 unspecified atom stereocenters. The molecule has 0 bridgehead atoms. The Morgan fingerprint density at radius 3 is 2.30 bits per heavy atom. The summed E-state index contributed by atoms with van der Waals surface area (Å²) >= 11 is 15.8. The fourth-order valence-corrected chi connectivity index (χ4v) is 6.08. The van der Waals surface area contributed by atoms with Crippen LogP contribution in [0.3, 0.4) is 0 Å². The molecule has 0 aliphatic heterocycles. The molecule has 1 N–H and O–H groups in total. The van der Waals surface area contributed by atoms with E-state index in [1.807, 2.05) is 0 Å². The minimum absolute atomic E-state index is 0.0154. The molecule has 0 heterocycles. The second-order valence-electron chi connectivity index (χ2n) is 8.10. The number of anilines is 1. The van der Waals surface area contributed by atoms with Gasteiger partial charge >= 0.3 is 0 Å². The SMILES string of the molecule is CCC(C(=O)NC)N(Cc1ccc(Cl)cc1Cl)C(=O)CN(c1cccc(Br)c1)S(=O)(=O)c1ccccc1. The van der Waals surface area contributed by atoms with E-state index in [-0.39, 0.29) is 17.3 Å². The zero-order valence-electron chi connectivity index (χ0n) is 20.2. The number of carbonyl (C=O) groups is 2. The predicted molar refractivity (Wildman–Crippen MR) is 150 cm³/mol. The molecule has 0 saturated heterocycles. The number of rotatable bonds is 10. The van der Waals surface area contributed by atoms with Crippen LogP contribution in [0.1, 0.15) is 18.9 Å². The number of benzene rings is 3. The van der Waals surface area contributed by atoms with Crippen LogP contribution in [0.25, 0.3) is 0 Å². The van der Waals surface area contributed by atoms with Crippen molar-refractivity contribution in [3.05, 3.63) is 92.9 Å². The van der Waals surface area contributed by atoms with Gasteiger partial charge in [-0.25, -0.2) is 8.42 Å². The summed E-state index contributed by atoms with van der Waals surface area (Å²) < 4.78 is 29.1. The van der Waals surface area contributed by atoms with Gasteiger partial charge < -0.3 is 10.2 Å². The highest BCUT2D eigenvalue weighted by molar-refractivity contribution is 9.10. The number of halogens is 3. The summed E-state index contributed by atoms with van der Waals surface area (Å²) in [6, 6.07) is 18.5. The number of hydrogen-bond acceptors (Lipinski definition) is 4. The van der Waals surface area contributed by atoms with Gasteiger partial charge in [-0.2, -0.15) is 0 Å². The van der Waals surface area contributed by atoms with Crippen LogP contribution in [-0.4, -0.2) is 44.8 Å². The number of hydrogen-bond donors (Lipinski definition) is 1. The maximum absolute atomic E-state index is 13.9. The second kappa shape index (κ2) is 12.8. The summed E-state index contributed by atoms with van der Waals surface area (Å²) in [5.41, 5.74) is 0.866. The van der Waals surface area contributed by atoms with Crippen molar-refractivity contribution in [1.82, 2.24) is 10.2 Å². The molecule has 0 spiro atoms. The van der Waals surface area contributed by atoms with Crippen LogP contribution in [0, 0.1) is 0 Å². The molecule has 1 atom stereocenters. The van der Waals surface area contributed by atoms with E-state index in [9.17, 15) is 18.0 Å². The summed E-state index contributed by atoms with van der Waals surface area (Å²) in [5.74, 6) is -0.943. The topological polar surface area (TPSA) is 86.8 Å². The van der Waals surface area contributed by atoms with E-state index >= 15 is 0 Å². The average molecular weight is 627 g/mol. The van der Waals surface area contributed by atoms with Crippen molar-refractivity contribution in [2.75, 3.05) is 17.9 Å². The zero-order chi connectivity index (χ0) is 27.2. The third kappa shape index (κ3) is 7.04. The van der Waals surface area contributed by atoms with E-state index < -0.39 is 28.5 Å². The highest BCUT2D eigenvalue weighted by Gasteiger charge is 2.33. The molecule has 37 heavy (non-hydrogen) atoms. The standard InChI is InChI=1S/C26H26BrCl2N3O4S/c1-3-24(26(34)30-2)31(16-18-12-13-20(28)15-23(18)29)25(33)17-32(21-9-7-8-19(27)14-21)37(35,36)22-10-5-4-6-11-22/h4-15,24H,3,16-17H2,1-2H3,(H,30,34). The monoisotopic (exact) mass is 625 g/mol. The van der Waals surface area contributed by atoms with Crippen LogP contribution in [0.2, 0.25) is 10.0 Å². The zero-order valence-corrected chi connectivity index (χ0v) is 24.1. The number of likely N-dealkylation sites (N-methyl/N-ethyl adjacent to an activating group) is 1. The smallest absolute Gasteiger partial charge is 0.264 e. The normalized spacial score (nSPS) is 12.0. The van der Waals surface area contributed by atoms with Crippen molar-refractivity contribution in [2.45, 2.75) is 30.8 Å². The molecule has 11 heteroatoms. The Hall–Kier alpha value is -2.59. The first-order valence-corrected chi connectivity index (χ1v) is 14.4. The minimum Gasteiger partial charge on any atom is -0.357 e. The number of nitrogens with zero attached hydrogens (tertiary/aromatic N) is 2. The molecule has 3 aromatic rings. The summed E-state index contributed by atoms with van der Waals surface area (Å²) in [6.45, 7) is 1.22. The Morgan fingerprint density at radius 2 is 1.70 bits per heavy atom. The van der Waals surface area contributed by atoms with Crippen molar-refractivity contribution < 1.29 is 18.0 Å². The van der Waals surface area contributed by atoms with Gasteiger partial charge in [-0.05, 0) is 54.4 Å². The number of carbonyl (C=O) groups excluding carboxylic acids is 2. The number of sulfonamides is 1. The van der Waals surface area contributed by atoms with Crippen LogP contribution < -0.4 is 9.62 Å². The van der Waals surface area contributed by atoms with E-state index in [2.05, 4.69) is 21.2 Å². The van der Waals surface area contributed by atoms with Gasteiger partial charge in [0.1, 0.15) is 12.6 Å². The molecule has 0 aromatic heterocycles. The Kier molecular flexibility index (Phi) is 10.0. The highest BCUT2D eigenvalue weighted by Crippen LogP contribution is 2.28. The average Bonchev–Trinajstić information content (AvgIpc) is 2.88. The van der Waals surface area contributed by atoms with Crippen molar-refractivity contribution in [1.29, 1.82) is 0 Å². The first kappa shape index (κ1) is 29.0. The Morgan fingerprint density at radius 1 is 1.00 bits per heavy atom. The van der Waals surface area contributed by atoms with Gasteiger partial charge in [-0.1, -0.05) is 76.4 Å². The lowest BCUT2D eigenvalue weighted by atomic mass is 10.1. The Labute approximate surface area is 235 Å². The summed E-state index contributed by atoms with van der Waals surface area (Å²) in [4.78, 5) is 28.0. The minimum atomic E-state index is -4.12. The molecule has 0 fully saturated rings. The molecule has 7 nitrogen and oxygen atoms in total. The fourth-order valence-electron chi connectivity index (χ4n) is 3.80. The van der Waals surface area contributed by atoms with Crippen LogP contribution >= 0.6 is 39.1 Å². The second-order valence-corrected chi connectivity index (χ2v) is 11.7. The van der Waals surface area contributed by atoms with Crippen molar-refractivity contribution in [3.8, 4) is 0 Å². The molecule has 0 saturated carbocycles. The van der Waals surface area contributed by atoms with Crippen LogP contribution in [0.4, 0.5) is 5.69 Å². The lowest BCUT2D eigenvalue weighted by Gasteiger charge is -2.33. The van der Waals surface area contributed by atoms with E-state index in [4.69, 9.17) is 23.2 Å². The Bertz CT molecular complexity index is 1370. The molecule has 0 radical (unpaired) electrons. The van der Waals surface area contributed by atoms with Crippen molar-refractivity contribution in [2.24, 2.45) is 0 Å². The molecular weight excluding hydrogens is 601 g/mol. The lowest BCUT2D eigenvalue weighted by Crippen LogP contribution is -2.51. The lowest BCUT2D eigenvalue weighted by molar-refractivity contribution is -0.140. The van der Waals surface area contributed by atoms with Gasteiger partial charge in [0.05, 0.1) is 10.6 Å². The molecule has 3 aromatic carbocycles. The quantitative estimate of drug-likeness (QED) is 0.322. The molecule has 196 valence electrons. The highest BCUT2D eigenvalue weighted by atomic mass is 79.9. The van der Waals surface area contributed by atoms with Gasteiger partial charge in [-0.3, -0.25) is 13.9 Å². The first-order chi connectivity index (χ1) is 17.6. The van der Waals surface area contributed by atoms with Crippen molar-refractivity contribution in [3.63, 3.8) is 0 Å². The van der Waals surface area contributed by atoms with E-state index in [0.29, 0.717) is 32.2 Å². The third-order valence-electron chi connectivity index (χ3n) is 5.69. The molecular formula is C26H26BrCl2N3O4S. The van der Waals surface area contributed by atoms with E-state index in [1.165, 1.54) is 24.1 Å². The number of amides is 2. The summed E-state index contributed by atoms with van der Waals surface area (Å²) in [5, 5.41) is 3.35. The van der Waals surface area contributed by atoms with Crippen LogP contribution in [0.15, 0.2) is 82.2 Å². The van der Waals surface area contributed by atoms with Crippen LogP contribution in [-0.2, 0) is 26.2 Å². The van der Waals surface area contributed by atoms with Gasteiger partial charge in [0.15, 0.2) is 0 Å². The third-order valence-corrected chi connectivity index (χ3v) is 8.56. The van der Waals surface area contributed by atoms with Gasteiger partial charge in [0.2, 0.25) is 11.8 Å². The van der Waals surface area contributed by atoms with Crippen LogP contribution in [0.5, 0.6) is 0 Å².